The molecule has 0 saturated carbocycles. The molecule has 0 saturated heterocycles. The third-order valence-electron chi connectivity index (χ3n) is 3.80. The Kier molecular flexibility index (Phi) is 5.07. The molecule has 0 radical (unpaired) electrons. The molecule has 0 aliphatic heterocycles. The van der Waals surface area contributed by atoms with Crippen LogP contribution in [0, 0.1) is 34.6 Å². The topological polar surface area (TPSA) is 98.5 Å². The Morgan fingerprint density at radius 1 is 0.905 bits per heavy atom. The van der Waals surface area contributed by atoms with Crippen LogP contribution in [0.1, 0.15) is 38.2 Å². The molecule has 0 aliphatic carbocycles. The van der Waals surface area contributed by atoms with Crippen molar-refractivity contribution in [2.75, 3.05) is 6.61 Å². The summed E-state index contributed by atoms with van der Waals surface area (Å²) in [6.45, 7) is 9.01. The van der Waals surface area contributed by atoms with Gasteiger partial charge in [0.15, 0.2) is 6.61 Å². The van der Waals surface area contributed by atoms with Gasteiger partial charge in [-0.05, 0) is 62.4 Å². The van der Waals surface area contributed by atoms with Gasteiger partial charge in [-0.1, -0.05) is 0 Å². The fourth-order valence-corrected chi connectivity index (χ4v) is 2.18. The molecule has 21 heavy (non-hydrogen) atoms. The van der Waals surface area contributed by atoms with E-state index in [9.17, 15) is 14.4 Å². The lowest BCUT2D eigenvalue weighted by molar-refractivity contribution is -0.123. The summed E-state index contributed by atoms with van der Waals surface area (Å²) in [4.78, 5) is 33.9. The Labute approximate surface area is 123 Å². The largest absolute Gasteiger partial charge is 0.452 e. The summed E-state index contributed by atoms with van der Waals surface area (Å²) in [5.41, 5.74) is 10.1. The molecule has 0 aliphatic rings. The molecule has 0 spiro atoms. The summed E-state index contributed by atoms with van der Waals surface area (Å²) < 4.78 is 4.94. The van der Waals surface area contributed by atoms with E-state index in [0.29, 0.717) is 5.56 Å². The summed E-state index contributed by atoms with van der Waals surface area (Å²) >= 11 is 0. The second-order valence-corrected chi connectivity index (χ2v) is 4.99. The molecule has 3 amide bonds. The first-order valence-corrected chi connectivity index (χ1v) is 6.50. The van der Waals surface area contributed by atoms with Crippen LogP contribution in [0.5, 0.6) is 0 Å². The Morgan fingerprint density at radius 2 is 1.33 bits per heavy atom. The minimum atomic E-state index is -0.981. The average Bonchev–Trinajstić information content (AvgIpc) is 2.40. The van der Waals surface area contributed by atoms with Crippen LogP contribution < -0.4 is 11.1 Å². The maximum Gasteiger partial charge on any atom is 0.339 e. The van der Waals surface area contributed by atoms with E-state index in [2.05, 4.69) is 0 Å². The zero-order chi connectivity index (χ0) is 16.3. The van der Waals surface area contributed by atoms with E-state index in [0.717, 1.165) is 27.8 Å². The van der Waals surface area contributed by atoms with Crippen LogP contribution in [0.2, 0.25) is 0 Å². The number of nitrogens with two attached hydrogens (primary N) is 1. The Morgan fingerprint density at radius 3 is 1.76 bits per heavy atom. The van der Waals surface area contributed by atoms with E-state index >= 15 is 0 Å². The molecule has 0 bridgehead atoms. The highest BCUT2D eigenvalue weighted by Crippen LogP contribution is 2.26. The predicted octanol–water partition coefficient (Wildman–Crippen LogP) is 1.58. The zero-order valence-corrected chi connectivity index (χ0v) is 12.9. The number of carbonyl (C=O) groups excluding carboxylic acids is 3. The zero-order valence-electron chi connectivity index (χ0n) is 12.9. The van der Waals surface area contributed by atoms with Crippen LogP contribution in [0.4, 0.5) is 4.79 Å². The maximum atomic E-state index is 12.2. The number of nitrogens with one attached hydrogen (secondary N) is 1. The standard InChI is InChI=1S/C15H20N2O4/c1-7-8(2)10(4)13(11(5)9(7)3)14(19)21-6-12(18)17-15(16)20/h6H2,1-5H3,(H3,16,17,18,20). The smallest absolute Gasteiger partial charge is 0.339 e. The van der Waals surface area contributed by atoms with Crippen molar-refractivity contribution >= 4 is 17.9 Å². The van der Waals surface area contributed by atoms with Crippen molar-refractivity contribution < 1.29 is 19.1 Å². The first-order chi connectivity index (χ1) is 9.66. The van der Waals surface area contributed by atoms with Crippen LogP contribution >= 0.6 is 0 Å². The quantitative estimate of drug-likeness (QED) is 0.826. The highest BCUT2D eigenvalue weighted by atomic mass is 16.5. The van der Waals surface area contributed by atoms with Crippen molar-refractivity contribution in [3.05, 3.63) is 33.4 Å². The van der Waals surface area contributed by atoms with Gasteiger partial charge in [0.1, 0.15) is 0 Å². The number of amides is 3. The molecule has 114 valence electrons. The first-order valence-electron chi connectivity index (χ1n) is 6.50. The Balaban J connectivity index is 2.99. The van der Waals surface area contributed by atoms with Gasteiger partial charge in [-0.3, -0.25) is 10.1 Å². The SMILES string of the molecule is Cc1c(C)c(C)c(C(=O)OCC(=O)NC(N)=O)c(C)c1C. The molecule has 0 heterocycles. The molecule has 0 fully saturated rings. The number of esters is 1. The van der Waals surface area contributed by atoms with Gasteiger partial charge in [0.05, 0.1) is 5.56 Å². The van der Waals surface area contributed by atoms with Gasteiger partial charge in [-0.25, -0.2) is 9.59 Å². The maximum absolute atomic E-state index is 12.2. The number of primary amides is 1. The molecular weight excluding hydrogens is 272 g/mol. The average molecular weight is 292 g/mol. The number of hydrogen-bond donors (Lipinski definition) is 2. The Bertz CT molecular complexity index is 592. The third-order valence-corrected chi connectivity index (χ3v) is 3.80. The molecule has 1 aromatic rings. The van der Waals surface area contributed by atoms with E-state index in [4.69, 9.17) is 10.5 Å². The lowest BCUT2D eigenvalue weighted by Crippen LogP contribution is -2.37. The van der Waals surface area contributed by atoms with E-state index in [1.165, 1.54) is 0 Å². The normalized spacial score (nSPS) is 10.1. The number of imide groups is 1. The van der Waals surface area contributed by atoms with Crippen LogP contribution in [0.15, 0.2) is 0 Å². The highest BCUT2D eigenvalue weighted by molar-refractivity contribution is 5.97. The molecule has 1 aromatic carbocycles. The molecule has 0 unspecified atom stereocenters. The summed E-state index contributed by atoms with van der Waals surface area (Å²) in [7, 11) is 0. The summed E-state index contributed by atoms with van der Waals surface area (Å²) in [6.07, 6.45) is 0. The number of rotatable bonds is 3. The van der Waals surface area contributed by atoms with Gasteiger partial charge in [-0.15, -0.1) is 0 Å². The van der Waals surface area contributed by atoms with Crippen molar-refractivity contribution in [3.8, 4) is 0 Å². The lowest BCUT2D eigenvalue weighted by atomic mass is 9.90. The number of ether oxygens (including phenoxy) is 1. The van der Waals surface area contributed by atoms with Crippen LogP contribution in [-0.2, 0) is 9.53 Å². The molecule has 6 nitrogen and oxygen atoms in total. The van der Waals surface area contributed by atoms with Gasteiger partial charge >= 0.3 is 12.0 Å². The van der Waals surface area contributed by atoms with Gasteiger partial charge in [0, 0.05) is 0 Å². The highest BCUT2D eigenvalue weighted by Gasteiger charge is 2.20. The summed E-state index contributed by atoms with van der Waals surface area (Å²) in [6, 6.07) is -0.981. The molecule has 6 heteroatoms. The van der Waals surface area contributed by atoms with E-state index in [1.807, 2.05) is 39.9 Å². The fraction of sp³-hybridized carbons (Fsp3) is 0.400. The van der Waals surface area contributed by atoms with Crippen molar-refractivity contribution in [2.24, 2.45) is 5.73 Å². The van der Waals surface area contributed by atoms with Crippen molar-refractivity contribution in [1.82, 2.24) is 5.32 Å². The van der Waals surface area contributed by atoms with Crippen molar-refractivity contribution in [2.45, 2.75) is 34.6 Å². The molecule has 3 N–H and O–H groups in total. The lowest BCUT2D eigenvalue weighted by Gasteiger charge is -2.17. The fourth-order valence-electron chi connectivity index (χ4n) is 2.18. The van der Waals surface area contributed by atoms with E-state index in [-0.39, 0.29) is 0 Å². The van der Waals surface area contributed by atoms with E-state index < -0.39 is 24.5 Å². The van der Waals surface area contributed by atoms with Gasteiger partial charge < -0.3 is 10.5 Å². The molecule has 0 aromatic heterocycles. The van der Waals surface area contributed by atoms with Gasteiger partial charge in [0.2, 0.25) is 0 Å². The number of urea groups is 1. The second-order valence-electron chi connectivity index (χ2n) is 4.99. The Hall–Kier alpha value is -2.37. The second kappa shape index (κ2) is 6.39. The van der Waals surface area contributed by atoms with Gasteiger partial charge in [-0.2, -0.15) is 0 Å². The minimum Gasteiger partial charge on any atom is -0.452 e. The first kappa shape index (κ1) is 16.7. The minimum absolute atomic E-state index is 0.461. The van der Waals surface area contributed by atoms with Crippen LogP contribution in [0.25, 0.3) is 0 Å². The predicted molar refractivity (Wildman–Crippen MR) is 78.1 cm³/mol. The number of hydrogen-bond acceptors (Lipinski definition) is 4. The van der Waals surface area contributed by atoms with E-state index in [1.54, 1.807) is 0 Å². The van der Waals surface area contributed by atoms with Crippen LogP contribution in [-0.4, -0.2) is 24.5 Å². The third kappa shape index (κ3) is 3.59. The van der Waals surface area contributed by atoms with Crippen molar-refractivity contribution in [1.29, 1.82) is 0 Å². The summed E-state index contributed by atoms with van der Waals surface area (Å²) in [5, 5.41) is 1.83. The van der Waals surface area contributed by atoms with Crippen LogP contribution in [0.3, 0.4) is 0 Å². The molecular formula is C15H20N2O4. The number of benzene rings is 1. The molecule has 1 rings (SSSR count). The number of carbonyl (C=O) groups is 3. The van der Waals surface area contributed by atoms with Gasteiger partial charge in [0.25, 0.3) is 5.91 Å². The molecule has 0 atom stereocenters. The monoisotopic (exact) mass is 292 g/mol. The summed E-state index contributed by atoms with van der Waals surface area (Å²) in [5.74, 6) is -1.34. The van der Waals surface area contributed by atoms with Crippen molar-refractivity contribution in [3.63, 3.8) is 0 Å².